The number of fused-ring (bicyclic) bond motifs is 6. The number of likely N-dealkylation sites (tertiary alicyclic amines) is 6. The minimum atomic E-state index is -0.760. The molecule has 6 saturated carbocycles. The average Bonchev–Trinajstić information content (AvgIpc) is 4.12. The molecule has 0 radical (unpaired) electrons. The first-order valence-electron chi connectivity index (χ1n) is 25.1. The SMILES string of the molecule is CC(C)N1CC2C(F)C2C1.CC(C)N1CC2CC2(C)C1.CC(C)N1CC2CC2(F)C1.CC(C)N1CC2CC2C1.CC(C)N1CCC2CC21.CC(C)N1CCC2CC2C1. The molecule has 12 fully saturated rings. The number of hydrogen-bond acceptors (Lipinski definition) is 6. The van der Waals surface area contributed by atoms with Crippen LogP contribution in [-0.2, 0) is 0 Å². The Morgan fingerprint density at radius 1 is 0.466 bits per heavy atom. The highest BCUT2D eigenvalue weighted by atomic mass is 19.1. The first-order valence-corrected chi connectivity index (χ1v) is 25.1. The van der Waals surface area contributed by atoms with Crippen molar-refractivity contribution < 1.29 is 8.78 Å². The van der Waals surface area contributed by atoms with Gasteiger partial charge in [0.2, 0.25) is 0 Å². The fourth-order valence-corrected chi connectivity index (χ4v) is 12.0. The van der Waals surface area contributed by atoms with Crippen molar-refractivity contribution in [1.82, 2.24) is 29.4 Å². The van der Waals surface area contributed by atoms with Gasteiger partial charge in [-0.05, 0) is 182 Å². The molecule has 0 aromatic rings. The highest BCUT2D eigenvalue weighted by Crippen LogP contribution is 2.57. The maximum absolute atomic E-state index is 13.3. The summed E-state index contributed by atoms with van der Waals surface area (Å²) < 4.78 is 25.9. The summed E-state index contributed by atoms with van der Waals surface area (Å²) in [5.74, 6) is 7.79. The van der Waals surface area contributed by atoms with E-state index in [4.69, 9.17) is 0 Å². The highest BCUT2D eigenvalue weighted by molar-refractivity contribution is 5.13. The van der Waals surface area contributed by atoms with Crippen molar-refractivity contribution in [2.45, 2.75) is 189 Å². The van der Waals surface area contributed by atoms with Crippen molar-refractivity contribution in [3.8, 4) is 0 Å². The van der Waals surface area contributed by atoms with Crippen LogP contribution in [0.2, 0.25) is 0 Å². The fraction of sp³-hybridized carbons (Fsp3) is 1.00. The van der Waals surface area contributed by atoms with Crippen molar-refractivity contribution in [2.24, 2.45) is 58.7 Å². The van der Waals surface area contributed by atoms with E-state index in [1.165, 1.54) is 84.3 Å². The molecule has 12 rings (SSSR count). The molecule has 0 aromatic heterocycles. The van der Waals surface area contributed by atoms with E-state index in [1.54, 1.807) is 0 Å². The van der Waals surface area contributed by atoms with Gasteiger partial charge in [0.25, 0.3) is 0 Å². The Balaban J connectivity index is 0.000000106. The first-order chi connectivity index (χ1) is 27.3. The zero-order valence-corrected chi connectivity index (χ0v) is 40.0. The van der Waals surface area contributed by atoms with Gasteiger partial charge in [-0.2, -0.15) is 0 Å². The second-order valence-corrected chi connectivity index (χ2v) is 24.0. The quantitative estimate of drug-likeness (QED) is 0.265. The van der Waals surface area contributed by atoms with Gasteiger partial charge in [0.1, 0.15) is 11.8 Å². The lowest BCUT2D eigenvalue weighted by molar-refractivity contribution is 0.177. The standard InChI is InChI=1S/2C9H17N.2C8H14FN.2C8H15N/c1-7(2)10-5-8-4-9(8,3)6-10;1-7(2)10-4-3-8-5-9(8)6-10;1-6(2)10-4-7-3-8(7,9)5-10;1-5(2)10-3-6-7(4-10)8(6)9;1-6(2)9-4-7-3-8(7)5-9;1-6(2)9-4-3-7-5-8(7)9/h7-8H,4-6H2,1-3H3;7-9H,3-6H2,1-2H3;6-7H,3-5H2,1-2H3;5-8H,3-4H2,1-2H3;2*6-8H,3-5H2,1-2H3. The molecule has 0 aromatic carbocycles. The third-order valence-corrected chi connectivity index (χ3v) is 17.5. The van der Waals surface area contributed by atoms with Crippen LogP contribution < -0.4 is 0 Å². The van der Waals surface area contributed by atoms with Gasteiger partial charge < -0.3 is 19.6 Å². The molecule has 0 spiro atoms. The van der Waals surface area contributed by atoms with Gasteiger partial charge in [0.05, 0.1) is 0 Å². The van der Waals surface area contributed by atoms with E-state index in [0.29, 0.717) is 36.4 Å². The Morgan fingerprint density at radius 3 is 1.31 bits per heavy atom. The van der Waals surface area contributed by atoms with E-state index < -0.39 is 11.8 Å². The van der Waals surface area contributed by atoms with Gasteiger partial charge in [0, 0.05) is 119 Å². The fourth-order valence-electron chi connectivity index (χ4n) is 12.0. The molecule has 6 nitrogen and oxygen atoms in total. The number of halogens is 2. The van der Waals surface area contributed by atoms with E-state index in [9.17, 15) is 8.78 Å². The summed E-state index contributed by atoms with van der Waals surface area (Å²) in [6.45, 7) is 42.8. The molecule has 12 aliphatic rings. The van der Waals surface area contributed by atoms with Crippen molar-refractivity contribution >= 4 is 0 Å². The van der Waals surface area contributed by atoms with E-state index >= 15 is 0 Å². The predicted octanol–water partition coefficient (Wildman–Crippen LogP) is 9.04. The molecule has 0 amide bonds. The van der Waals surface area contributed by atoms with Crippen molar-refractivity contribution in [2.75, 3.05) is 72.0 Å². The average molecular weight is 815 g/mol. The molecule has 12 atom stereocenters. The zero-order chi connectivity index (χ0) is 42.0. The lowest BCUT2D eigenvalue weighted by Gasteiger charge is -2.29. The van der Waals surface area contributed by atoms with Gasteiger partial charge in [-0.1, -0.05) is 6.92 Å². The van der Waals surface area contributed by atoms with Crippen LogP contribution in [0.3, 0.4) is 0 Å². The minimum Gasteiger partial charge on any atom is -0.301 e. The molecule has 0 N–H and O–H groups in total. The summed E-state index contributed by atoms with van der Waals surface area (Å²) in [5, 5.41) is 0. The summed E-state index contributed by atoms with van der Waals surface area (Å²) in [7, 11) is 0. The Morgan fingerprint density at radius 2 is 0.948 bits per heavy atom. The van der Waals surface area contributed by atoms with E-state index in [2.05, 4.69) is 119 Å². The molecular weight excluding hydrogens is 723 g/mol. The van der Waals surface area contributed by atoms with Crippen LogP contribution in [0, 0.1) is 58.7 Å². The van der Waals surface area contributed by atoms with Crippen molar-refractivity contribution in [1.29, 1.82) is 0 Å². The Hall–Kier alpha value is -0.380. The molecule has 6 heterocycles. The van der Waals surface area contributed by atoms with Crippen molar-refractivity contribution in [3.05, 3.63) is 0 Å². The lowest BCUT2D eigenvalue weighted by Crippen LogP contribution is -2.36. The second kappa shape index (κ2) is 18.0. The number of nitrogens with zero attached hydrogens (tertiary/aromatic N) is 6. The van der Waals surface area contributed by atoms with Crippen molar-refractivity contribution in [3.63, 3.8) is 0 Å². The van der Waals surface area contributed by atoms with Gasteiger partial charge in [-0.3, -0.25) is 9.80 Å². The van der Waals surface area contributed by atoms with Crippen LogP contribution in [0.5, 0.6) is 0 Å². The number of piperidine rings is 6. The summed E-state index contributed by atoms with van der Waals surface area (Å²) in [4.78, 5) is 15.1. The molecule has 0 bridgehead atoms. The molecule has 336 valence electrons. The Labute approximate surface area is 356 Å². The molecular formula is C50H92F2N6. The number of rotatable bonds is 6. The number of alkyl halides is 2. The van der Waals surface area contributed by atoms with Gasteiger partial charge in [-0.15, -0.1) is 0 Å². The van der Waals surface area contributed by atoms with Gasteiger partial charge >= 0.3 is 0 Å². The summed E-state index contributed by atoms with van der Waals surface area (Å²) >= 11 is 0. The first kappa shape index (κ1) is 45.6. The molecule has 12 unspecified atom stereocenters. The van der Waals surface area contributed by atoms with Crippen LogP contribution in [0.1, 0.15) is 135 Å². The van der Waals surface area contributed by atoms with E-state index in [-0.39, 0.29) is 0 Å². The minimum absolute atomic E-state index is 0.384. The largest absolute Gasteiger partial charge is 0.301 e. The third kappa shape index (κ3) is 11.2. The number of hydrogen-bond donors (Lipinski definition) is 0. The molecule has 6 aliphatic carbocycles. The smallest absolute Gasteiger partial charge is 0.128 e. The Kier molecular flexibility index (Phi) is 14.2. The lowest BCUT2D eigenvalue weighted by atomic mass is 10.1. The highest BCUT2D eigenvalue weighted by Gasteiger charge is 2.61. The molecule has 58 heavy (non-hydrogen) atoms. The normalized spacial score (nSPS) is 43.7. The predicted molar refractivity (Wildman–Crippen MR) is 240 cm³/mol. The van der Waals surface area contributed by atoms with Crippen LogP contribution in [-0.4, -0.2) is 156 Å². The van der Waals surface area contributed by atoms with E-state index in [1.807, 2.05) is 0 Å². The van der Waals surface area contributed by atoms with Crippen LogP contribution in [0.4, 0.5) is 8.78 Å². The van der Waals surface area contributed by atoms with E-state index in [0.717, 1.165) is 97.2 Å². The maximum Gasteiger partial charge on any atom is 0.128 e. The summed E-state index contributed by atoms with van der Waals surface area (Å²) in [5.41, 5.74) is -0.0193. The Bertz CT molecular complexity index is 1270. The van der Waals surface area contributed by atoms with Crippen LogP contribution >= 0.6 is 0 Å². The maximum atomic E-state index is 13.3. The monoisotopic (exact) mass is 815 g/mol. The molecule has 6 aliphatic heterocycles. The van der Waals surface area contributed by atoms with Gasteiger partial charge in [-0.25, -0.2) is 8.78 Å². The zero-order valence-electron chi connectivity index (χ0n) is 40.0. The topological polar surface area (TPSA) is 19.4 Å². The summed E-state index contributed by atoms with van der Waals surface area (Å²) in [6, 6.07) is 5.27. The van der Waals surface area contributed by atoms with Crippen LogP contribution in [0.15, 0.2) is 0 Å². The van der Waals surface area contributed by atoms with Gasteiger partial charge in [0.15, 0.2) is 0 Å². The van der Waals surface area contributed by atoms with Crippen LogP contribution in [0.25, 0.3) is 0 Å². The third-order valence-electron chi connectivity index (χ3n) is 17.5. The summed E-state index contributed by atoms with van der Waals surface area (Å²) in [6.07, 6.45) is 9.39. The molecule has 6 saturated heterocycles. The molecule has 8 heteroatoms. The second-order valence-electron chi connectivity index (χ2n) is 24.0.